The van der Waals surface area contributed by atoms with E-state index in [9.17, 15) is 0 Å². The number of H-pyrrole nitrogens is 1. The number of hydrogen-bond donors (Lipinski definition) is 2. The Bertz CT molecular complexity index is 1480. The van der Waals surface area contributed by atoms with Gasteiger partial charge >= 0.3 is 0 Å². The summed E-state index contributed by atoms with van der Waals surface area (Å²) in [5.41, 5.74) is 8.50. The minimum atomic E-state index is 0.851. The van der Waals surface area contributed by atoms with Crippen molar-refractivity contribution in [3.05, 3.63) is 77.4 Å². The van der Waals surface area contributed by atoms with Gasteiger partial charge in [-0.25, -0.2) is 9.97 Å². The van der Waals surface area contributed by atoms with Crippen LogP contribution in [0, 0.1) is 6.92 Å². The number of piperazine rings is 1. The van der Waals surface area contributed by atoms with Crippen molar-refractivity contribution >= 4 is 33.2 Å². The van der Waals surface area contributed by atoms with E-state index in [0.29, 0.717) is 0 Å². The summed E-state index contributed by atoms with van der Waals surface area (Å²) in [6.07, 6.45) is 3.61. The molecular weight excluding hydrogens is 466 g/mol. The molecule has 0 radical (unpaired) electrons. The Morgan fingerprint density at radius 1 is 1.00 bits per heavy atom. The van der Waals surface area contributed by atoms with E-state index in [1.165, 1.54) is 5.56 Å². The summed E-state index contributed by atoms with van der Waals surface area (Å²) in [5.74, 6) is 0.898. The topological polar surface area (TPSA) is 73.0 Å². The van der Waals surface area contributed by atoms with Crippen molar-refractivity contribution in [1.82, 2.24) is 29.7 Å². The number of thiazole rings is 1. The number of nitrogens with zero attached hydrogens (tertiary/aromatic N) is 5. The van der Waals surface area contributed by atoms with Crippen molar-refractivity contribution in [3.8, 4) is 22.6 Å². The van der Waals surface area contributed by atoms with Crippen LogP contribution in [0.3, 0.4) is 0 Å². The van der Waals surface area contributed by atoms with Crippen LogP contribution in [0.25, 0.3) is 33.7 Å². The first-order chi connectivity index (χ1) is 17.6. The molecule has 1 aliphatic heterocycles. The number of anilines is 2. The molecule has 182 valence electrons. The van der Waals surface area contributed by atoms with Crippen LogP contribution < -0.4 is 5.32 Å². The number of rotatable bonds is 6. The standard InChI is InChI=1S/C28H29N7S/c1-19-13-24-25(15-23(19)32-28-33-26(18-36-28)22-7-4-8-29-16-22)31-27(30-24)21-6-3-5-20(14-21)17-35-11-9-34(2)10-12-35/h3-8,13-16,18H,9-12,17H2,1-2H3,(H,30,31)(H,32,33). The van der Waals surface area contributed by atoms with Crippen LogP contribution in [-0.2, 0) is 6.54 Å². The summed E-state index contributed by atoms with van der Waals surface area (Å²) in [6.45, 7) is 7.57. The van der Waals surface area contributed by atoms with E-state index in [1.807, 2.05) is 18.3 Å². The summed E-state index contributed by atoms with van der Waals surface area (Å²) in [5, 5.41) is 6.39. The molecular formula is C28H29N7S. The monoisotopic (exact) mass is 495 g/mol. The number of hydrogen-bond acceptors (Lipinski definition) is 7. The van der Waals surface area contributed by atoms with Gasteiger partial charge in [-0.15, -0.1) is 11.3 Å². The number of likely N-dealkylation sites (N-methyl/N-ethyl adjacent to an activating group) is 1. The SMILES string of the molecule is Cc1cc2[nH]c(-c3cccc(CN4CCN(C)CC4)c3)nc2cc1Nc1nc(-c2cccnc2)cs1. The van der Waals surface area contributed by atoms with Gasteiger partial charge in [-0.05, 0) is 55.4 Å². The third-order valence-corrected chi connectivity index (χ3v) is 7.49. The van der Waals surface area contributed by atoms with E-state index in [1.54, 1.807) is 17.5 Å². The molecule has 0 bridgehead atoms. The van der Waals surface area contributed by atoms with Gasteiger partial charge < -0.3 is 15.2 Å². The quantitative estimate of drug-likeness (QED) is 0.322. The lowest BCUT2D eigenvalue weighted by atomic mass is 10.1. The molecule has 0 aliphatic carbocycles. The first kappa shape index (κ1) is 22.8. The predicted octanol–water partition coefficient (Wildman–Crippen LogP) is 5.55. The van der Waals surface area contributed by atoms with Crippen LogP contribution in [0.5, 0.6) is 0 Å². The molecule has 36 heavy (non-hydrogen) atoms. The number of benzene rings is 2. The van der Waals surface area contributed by atoms with Gasteiger partial charge in [0, 0.05) is 67.3 Å². The van der Waals surface area contributed by atoms with Crippen LogP contribution in [0.2, 0.25) is 0 Å². The average molecular weight is 496 g/mol. The molecule has 0 unspecified atom stereocenters. The highest BCUT2D eigenvalue weighted by Crippen LogP contribution is 2.31. The van der Waals surface area contributed by atoms with Crippen molar-refractivity contribution in [1.29, 1.82) is 0 Å². The number of aromatic nitrogens is 4. The van der Waals surface area contributed by atoms with Gasteiger partial charge in [0.1, 0.15) is 5.82 Å². The van der Waals surface area contributed by atoms with Crippen molar-refractivity contribution in [3.63, 3.8) is 0 Å². The maximum Gasteiger partial charge on any atom is 0.187 e. The minimum Gasteiger partial charge on any atom is -0.338 e. The molecule has 1 fully saturated rings. The molecule has 7 nitrogen and oxygen atoms in total. The summed E-state index contributed by atoms with van der Waals surface area (Å²) in [4.78, 5) is 22.3. The average Bonchev–Trinajstić information content (AvgIpc) is 3.53. The largest absolute Gasteiger partial charge is 0.338 e. The molecule has 0 amide bonds. The molecule has 5 aromatic rings. The van der Waals surface area contributed by atoms with Crippen LogP contribution >= 0.6 is 11.3 Å². The van der Waals surface area contributed by atoms with Gasteiger partial charge in [0.2, 0.25) is 0 Å². The van der Waals surface area contributed by atoms with Gasteiger partial charge in [0.25, 0.3) is 0 Å². The third-order valence-electron chi connectivity index (χ3n) is 6.73. The molecule has 6 rings (SSSR count). The molecule has 8 heteroatoms. The number of pyridine rings is 1. The maximum atomic E-state index is 4.94. The fourth-order valence-electron chi connectivity index (χ4n) is 4.61. The first-order valence-corrected chi connectivity index (χ1v) is 13.1. The Balaban J connectivity index is 1.22. The van der Waals surface area contributed by atoms with Crippen LogP contribution in [0.4, 0.5) is 10.8 Å². The maximum absolute atomic E-state index is 4.94. The lowest BCUT2D eigenvalue weighted by Gasteiger charge is -2.32. The number of fused-ring (bicyclic) bond motifs is 1. The van der Waals surface area contributed by atoms with E-state index in [2.05, 4.69) is 80.8 Å². The van der Waals surface area contributed by atoms with E-state index in [0.717, 1.165) is 82.8 Å². The van der Waals surface area contributed by atoms with Crippen molar-refractivity contribution in [2.24, 2.45) is 0 Å². The number of imidazole rings is 1. The second-order valence-electron chi connectivity index (χ2n) is 9.45. The lowest BCUT2D eigenvalue weighted by Crippen LogP contribution is -2.43. The summed E-state index contributed by atoms with van der Waals surface area (Å²) in [6, 6.07) is 16.9. The Hall–Kier alpha value is -3.59. The Kier molecular flexibility index (Phi) is 6.23. The Morgan fingerprint density at radius 3 is 2.69 bits per heavy atom. The van der Waals surface area contributed by atoms with Gasteiger partial charge in [-0.3, -0.25) is 9.88 Å². The molecule has 2 N–H and O–H groups in total. The number of nitrogens with one attached hydrogen (secondary N) is 2. The number of aromatic amines is 1. The van der Waals surface area contributed by atoms with Gasteiger partial charge in [0.15, 0.2) is 5.13 Å². The van der Waals surface area contributed by atoms with Crippen molar-refractivity contribution in [2.75, 3.05) is 38.5 Å². The van der Waals surface area contributed by atoms with Crippen molar-refractivity contribution in [2.45, 2.75) is 13.5 Å². The summed E-state index contributed by atoms with van der Waals surface area (Å²) in [7, 11) is 2.19. The van der Waals surface area contributed by atoms with Gasteiger partial charge in [-0.1, -0.05) is 18.2 Å². The molecule has 3 aromatic heterocycles. The summed E-state index contributed by atoms with van der Waals surface area (Å²) >= 11 is 1.59. The number of aryl methyl sites for hydroxylation is 1. The highest BCUT2D eigenvalue weighted by atomic mass is 32.1. The molecule has 4 heterocycles. The highest BCUT2D eigenvalue weighted by Gasteiger charge is 2.15. The predicted molar refractivity (Wildman–Crippen MR) is 148 cm³/mol. The zero-order valence-electron chi connectivity index (χ0n) is 20.5. The Morgan fingerprint density at radius 2 is 1.86 bits per heavy atom. The van der Waals surface area contributed by atoms with E-state index in [4.69, 9.17) is 9.97 Å². The van der Waals surface area contributed by atoms with E-state index >= 15 is 0 Å². The zero-order valence-corrected chi connectivity index (χ0v) is 21.3. The van der Waals surface area contributed by atoms with Gasteiger partial charge in [-0.2, -0.15) is 0 Å². The van der Waals surface area contributed by atoms with E-state index in [-0.39, 0.29) is 0 Å². The van der Waals surface area contributed by atoms with Crippen LogP contribution in [0.1, 0.15) is 11.1 Å². The molecule has 1 aliphatic rings. The molecule has 0 saturated carbocycles. The fraction of sp³-hybridized carbons (Fsp3) is 0.250. The van der Waals surface area contributed by atoms with Crippen LogP contribution in [0.15, 0.2) is 66.3 Å². The third kappa shape index (κ3) is 4.88. The van der Waals surface area contributed by atoms with Crippen molar-refractivity contribution < 1.29 is 0 Å². The summed E-state index contributed by atoms with van der Waals surface area (Å²) < 4.78 is 0. The zero-order chi connectivity index (χ0) is 24.5. The molecule has 2 aromatic carbocycles. The minimum absolute atomic E-state index is 0.851. The molecule has 1 saturated heterocycles. The van der Waals surface area contributed by atoms with Crippen LogP contribution in [-0.4, -0.2) is 63.0 Å². The van der Waals surface area contributed by atoms with Gasteiger partial charge in [0.05, 0.1) is 16.7 Å². The molecule has 0 spiro atoms. The Labute approximate surface area is 214 Å². The van der Waals surface area contributed by atoms with E-state index < -0.39 is 0 Å². The highest BCUT2D eigenvalue weighted by molar-refractivity contribution is 7.14. The smallest absolute Gasteiger partial charge is 0.187 e. The fourth-order valence-corrected chi connectivity index (χ4v) is 5.34. The second-order valence-corrected chi connectivity index (χ2v) is 10.3. The second kappa shape index (κ2) is 9.81. The molecule has 0 atom stereocenters. The first-order valence-electron chi connectivity index (χ1n) is 12.2. The lowest BCUT2D eigenvalue weighted by molar-refractivity contribution is 0.148. The normalized spacial score (nSPS) is 14.9.